The third kappa shape index (κ3) is 3.19. The molecule has 114 valence electrons. The molecular weight excluding hydrogens is 270 g/mol. The van der Waals surface area contributed by atoms with Crippen molar-refractivity contribution in [1.29, 1.82) is 0 Å². The van der Waals surface area contributed by atoms with Gasteiger partial charge in [0.15, 0.2) is 11.5 Å². The van der Waals surface area contributed by atoms with Gasteiger partial charge in [0.05, 0.1) is 12.7 Å². The molecular formula is C16H21NO4. The second kappa shape index (κ2) is 6.18. The minimum absolute atomic E-state index is 0.342. The maximum atomic E-state index is 11.7. The molecule has 5 nitrogen and oxygen atoms in total. The first kappa shape index (κ1) is 15.4. The summed E-state index contributed by atoms with van der Waals surface area (Å²) in [5.74, 6) is 1.22. The number of nitrogens with zero attached hydrogens (tertiary/aromatic N) is 1. The zero-order valence-electron chi connectivity index (χ0n) is 12.9. The number of methoxy groups -OCH3 is 1. The summed E-state index contributed by atoms with van der Waals surface area (Å²) in [7, 11) is 1.56. The highest BCUT2D eigenvalue weighted by Gasteiger charge is 2.25. The van der Waals surface area contributed by atoms with Crippen LogP contribution < -0.4 is 14.2 Å². The average Bonchev–Trinajstić information content (AvgIpc) is 2.46. The van der Waals surface area contributed by atoms with Crippen molar-refractivity contribution in [3.8, 4) is 17.2 Å². The molecule has 0 N–H and O–H groups in total. The molecule has 0 aromatic heterocycles. The lowest BCUT2D eigenvalue weighted by molar-refractivity contribution is -0.130. The number of ether oxygens (including phenoxy) is 3. The Morgan fingerprint density at radius 1 is 1.43 bits per heavy atom. The minimum Gasteiger partial charge on any atom is -0.492 e. The van der Waals surface area contributed by atoms with E-state index in [1.807, 2.05) is 0 Å². The zero-order valence-corrected chi connectivity index (χ0v) is 12.9. The second-order valence-electron chi connectivity index (χ2n) is 5.36. The molecule has 0 fully saturated rings. The molecule has 5 heteroatoms. The van der Waals surface area contributed by atoms with E-state index in [-0.39, 0.29) is 0 Å². The standard InChI is InChI=1S/C16H21NO4/c1-10(2)16(18)21-14-7-6-13-12(15(14)19-5)8-17(9-20-13)11(3)4/h6-7,11H,1,8-9H2,2-5H3. The first-order valence-corrected chi connectivity index (χ1v) is 6.88. The van der Waals surface area contributed by atoms with E-state index in [1.54, 1.807) is 26.2 Å². The molecule has 1 heterocycles. The van der Waals surface area contributed by atoms with Gasteiger partial charge in [0.25, 0.3) is 0 Å². The fraction of sp³-hybridized carbons (Fsp3) is 0.438. The van der Waals surface area contributed by atoms with Gasteiger partial charge < -0.3 is 14.2 Å². The summed E-state index contributed by atoms with van der Waals surface area (Å²) in [6.45, 7) is 10.6. The van der Waals surface area contributed by atoms with Crippen LogP contribution in [0.4, 0.5) is 0 Å². The molecule has 0 saturated carbocycles. The van der Waals surface area contributed by atoms with Crippen LogP contribution in [0.25, 0.3) is 0 Å². The largest absolute Gasteiger partial charge is 0.492 e. The number of rotatable bonds is 4. The van der Waals surface area contributed by atoms with Crippen LogP contribution in [0.3, 0.4) is 0 Å². The van der Waals surface area contributed by atoms with Gasteiger partial charge in [-0.25, -0.2) is 4.79 Å². The quantitative estimate of drug-likeness (QED) is 0.485. The van der Waals surface area contributed by atoms with Crippen LogP contribution in [0.15, 0.2) is 24.3 Å². The van der Waals surface area contributed by atoms with Crippen LogP contribution >= 0.6 is 0 Å². The summed E-state index contributed by atoms with van der Waals surface area (Å²) in [5, 5.41) is 0. The summed E-state index contributed by atoms with van der Waals surface area (Å²) in [6, 6.07) is 3.84. The van der Waals surface area contributed by atoms with Crippen LogP contribution in [0.2, 0.25) is 0 Å². The monoisotopic (exact) mass is 291 g/mol. The number of hydrogen-bond donors (Lipinski definition) is 0. The Kier molecular flexibility index (Phi) is 4.53. The van der Waals surface area contributed by atoms with E-state index in [4.69, 9.17) is 14.2 Å². The van der Waals surface area contributed by atoms with E-state index in [2.05, 4.69) is 25.3 Å². The van der Waals surface area contributed by atoms with Crippen molar-refractivity contribution in [1.82, 2.24) is 4.90 Å². The predicted octanol–water partition coefficient (Wildman–Crippen LogP) is 2.74. The number of benzene rings is 1. The Balaban J connectivity index is 2.36. The highest BCUT2D eigenvalue weighted by Crippen LogP contribution is 2.40. The number of hydrogen-bond acceptors (Lipinski definition) is 5. The van der Waals surface area contributed by atoms with Crippen LogP contribution in [-0.4, -0.2) is 30.8 Å². The van der Waals surface area contributed by atoms with Crippen LogP contribution in [0.5, 0.6) is 17.2 Å². The topological polar surface area (TPSA) is 48.0 Å². The van der Waals surface area contributed by atoms with Gasteiger partial charge in [0, 0.05) is 18.2 Å². The number of esters is 1. The SMILES string of the molecule is C=C(C)C(=O)Oc1ccc2c(c1OC)CN(C(C)C)CO2. The van der Waals surface area contributed by atoms with Crippen molar-refractivity contribution in [2.75, 3.05) is 13.8 Å². The smallest absolute Gasteiger partial charge is 0.338 e. The molecule has 1 aliphatic heterocycles. The van der Waals surface area contributed by atoms with Crippen LogP contribution in [0.1, 0.15) is 26.3 Å². The summed E-state index contributed by atoms with van der Waals surface area (Å²) in [4.78, 5) is 13.9. The van der Waals surface area contributed by atoms with E-state index in [0.717, 1.165) is 11.3 Å². The van der Waals surface area contributed by atoms with E-state index in [1.165, 1.54) is 0 Å². The van der Waals surface area contributed by atoms with Crippen molar-refractivity contribution in [3.05, 3.63) is 29.8 Å². The molecule has 1 aromatic carbocycles. The second-order valence-corrected chi connectivity index (χ2v) is 5.36. The molecule has 2 rings (SSSR count). The Morgan fingerprint density at radius 3 is 2.71 bits per heavy atom. The fourth-order valence-electron chi connectivity index (χ4n) is 2.10. The Hall–Kier alpha value is -2.01. The molecule has 0 atom stereocenters. The van der Waals surface area contributed by atoms with Gasteiger partial charge in [-0.3, -0.25) is 4.90 Å². The molecule has 1 aromatic rings. The molecule has 0 amide bonds. The number of fused-ring (bicyclic) bond motifs is 1. The molecule has 0 saturated heterocycles. The van der Waals surface area contributed by atoms with Gasteiger partial charge in [-0.05, 0) is 32.9 Å². The summed E-state index contributed by atoms with van der Waals surface area (Å²) >= 11 is 0. The predicted molar refractivity (Wildman–Crippen MR) is 79.6 cm³/mol. The summed E-state index contributed by atoms with van der Waals surface area (Å²) in [6.07, 6.45) is 0. The van der Waals surface area contributed by atoms with Crippen LogP contribution in [-0.2, 0) is 11.3 Å². The first-order valence-electron chi connectivity index (χ1n) is 6.88. The van der Waals surface area contributed by atoms with Crippen molar-refractivity contribution < 1.29 is 19.0 Å². The molecule has 0 aliphatic carbocycles. The molecule has 0 radical (unpaired) electrons. The third-order valence-corrected chi connectivity index (χ3v) is 3.41. The Labute approximate surface area is 125 Å². The van der Waals surface area contributed by atoms with Crippen molar-refractivity contribution in [2.24, 2.45) is 0 Å². The Morgan fingerprint density at radius 2 is 2.14 bits per heavy atom. The lowest BCUT2D eigenvalue weighted by Crippen LogP contribution is -2.37. The lowest BCUT2D eigenvalue weighted by Gasteiger charge is -2.32. The van der Waals surface area contributed by atoms with E-state index < -0.39 is 5.97 Å². The van der Waals surface area contributed by atoms with E-state index in [0.29, 0.717) is 36.4 Å². The maximum absolute atomic E-state index is 11.7. The molecule has 0 unspecified atom stereocenters. The van der Waals surface area contributed by atoms with Crippen molar-refractivity contribution >= 4 is 5.97 Å². The number of carbonyl (C=O) groups excluding carboxylic acids is 1. The van der Waals surface area contributed by atoms with Gasteiger partial charge in [0.2, 0.25) is 0 Å². The highest BCUT2D eigenvalue weighted by molar-refractivity contribution is 5.89. The first-order chi connectivity index (χ1) is 9.93. The highest BCUT2D eigenvalue weighted by atomic mass is 16.6. The molecule has 0 bridgehead atoms. The minimum atomic E-state index is -0.467. The summed E-state index contributed by atoms with van der Waals surface area (Å²) < 4.78 is 16.5. The van der Waals surface area contributed by atoms with Crippen molar-refractivity contribution in [2.45, 2.75) is 33.4 Å². The Bertz CT molecular complexity index is 566. The molecule has 1 aliphatic rings. The van der Waals surface area contributed by atoms with Gasteiger partial charge >= 0.3 is 5.97 Å². The van der Waals surface area contributed by atoms with E-state index in [9.17, 15) is 4.79 Å². The van der Waals surface area contributed by atoms with Gasteiger partial charge in [0.1, 0.15) is 12.5 Å². The maximum Gasteiger partial charge on any atom is 0.338 e. The molecule has 0 spiro atoms. The zero-order chi connectivity index (χ0) is 15.6. The fourth-order valence-corrected chi connectivity index (χ4v) is 2.10. The third-order valence-electron chi connectivity index (χ3n) is 3.41. The van der Waals surface area contributed by atoms with Gasteiger partial charge in [-0.2, -0.15) is 0 Å². The van der Waals surface area contributed by atoms with Gasteiger partial charge in [-0.15, -0.1) is 0 Å². The lowest BCUT2D eigenvalue weighted by atomic mass is 10.1. The normalized spacial score (nSPS) is 14.3. The van der Waals surface area contributed by atoms with Crippen molar-refractivity contribution in [3.63, 3.8) is 0 Å². The number of carbonyl (C=O) groups is 1. The summed E-state index contributed by atoms with van der Waals surface area (Å²) in [5.41, 5.74) is 1.24. The van der Waals surface area contributed by atoms with Gasteiger partial charge in [-0.1, -0.05) is 6.58 Å². The molecule has 21 heavy (non-hydrogen) atoms. The van der Waals surface area contributed by atoms with Crippen LogP contribution in [0, 0.1) is 0 Å². The average molecular weight is 291 g/mol. The van der Waals surface area contributed by atoms with E-state index >= 15 is 0 Å².